The Morgan fingerprint density at radius 2 is 1.29 bits per heavy atom. The highest BCUT2D eigenvalue weighted by Gasteiger charge is 2.23. The lowest BCUT2D eigenvalue weighted by atomic mass is 9.81. The monoisotopic (exact) mass is 199 g/mol. The molecule has 0 aromatic heterocycles. The van der Waals surface area contributed by atoms with Crippen LogP contribution in [0.25, 0.3) is 0 Å². The first kappa shape index (κ1) is 14.0. The Balaban J connectivity index is 3.96. The van der Waals surface area contributed by atoms with Crippen LogP contribution in [-0.4, -0.2) is 12.6 Å². The minimum atomic E-state index is 0.359. The zero-order valence-corrected chi connectivity index (χ0v) is 11.4. The predicted octanol–water partition coefficient (Wildman–Crippen LogP) is 3.69. The van der Waals surface area contributed by atoms with E-state index in [1.54, 1.807) is 0 Å². The first-order valence-corrected chi connectivity index (χ1v) is 5.78. The van der Waals surface area contributed by atoms with Crippen LogP contribution in [0.3, 0.4) is 0 Å². The molecule has 0 saturated heterocycles. The highest BCUT2D eigenvalue weighted by atomic mass is 14.9. The van der Waals surface area contributed by atoms with Gasteiger partial charge in [0.05, 0.1) is 0 Å². The highest BCUT2D eigenvalue weighted by molar-refractivity contribution is 4.79. The summed E-state index contributed by atoms with van der Waals surface area (Å²) in [6.45, 7) is 19.5. The molecule has 0 aliphatic rings. The largest absolute Gasteiger partial charge is 0.313 e. The van der Waals surface area contributed by atoms with Gasteiger partial charge >= 0.3 is 0 Å². The van der Waals surface area contributed by atoms with E-state index in [-0.39, 0.29) is 0 Å². The summed E-state index contributed by atoms with van der Waals surface area (Å²) in [5.41, 5.74) is 0.766. The summed E-state index contributed by atoms with van der Waals surface area (Å²) in [7, 11) is 0. The lowest BCUT2D eigenvalue weighted by Gasteiger charge is -2.33. The van der Waals surface area contributed by atoms with Gasteiger partial charge in [-0.3, -0.25) is 0 Å². The molecule has 0 heterocycles. The molecule has 0 bridgehead atoms. The second-order valence-corrected chi connectivity index (χ2v) is 6.76. The molecule has 0 aliphatic carbocycles. The quantitative estimate of drug-likeness (QED) is 0.731. The van der Waals surface area contributed by atoms with Crippen LogP contribution in [0.15, 0.2) is 0 Å². The van der Waals surface area contributed by atoms with Crippen LogP contribution >= 0.6 is 0 Å². The van der Waals surface area contributed by atoms with Gasteiger partial charge in [0.2, 0.25) is 0 Å². The van der Waals surface area contributed by atoms with Crippen molar-refractivity contribution in [1.29, 1.82) is 0 Å². The average molecular weight is 199 g/mol. The zero-order valence-electron chi connectivity index (χ0n) is 11.4. The molecule has 0 fully saturated rings. The summed E-state index contributed by atoms with van der Waals surface area (Å²) in [6.07, 6.45) is 0. The molecule has 0 rings (SSSR count). The Morgan fingerprint density at radius 3 is 1.57 bits per heavy atom. The van der Waals surface area contributed by atoms with Crippen LogP contribution in [0.1, 0.15) is 55.4 Å². The molecule has 0 spiro atoms. The van der Waals surface area contributed by atoms with E-state index in [9.17, 15) is 0 Å². The molecular weight excluding hydrogens is 170 g/mol. The molecule has 0 amide bonds. The molecule has 0 aromatic carbocycles. The van der Waals surface area contributed by atoms with Crippen molar-refractivity contribution in [1.82, 2.24) is 5.32 Å². The van der Waals surface area contributed by atoms with E-state index in [1.807, 2.05) is 0 Å². The number of hydrogen-bond donors (Lipinski definition) is 1. The molecule has 86 valence electrons. The molecular formula is C13H29N. The van der Waals surface area contributed by atoms with Crippen LogP contribution in [-0.2, 0) is 0 Å². The van der Waals surface area contributed by atoms with Crippen molar-refractivity contribution in [2.24, 2.45) is 16.7 Å². The van der Waals surface area contributed by atoms with Gasteiger partial charge in [0, 0.05) is 6.04 Å². The van der Waals surface area contributed by atoms with Crippen molar-refractivity contribution >= 4 is 0 Å². The molecule has 0 aliphatic heterocycles. The number of nitrogens with one attached hydrogen (secondary N) is 1. The van der Waals surface area contributed by atoms with Crippen molar-refractivity contribution < 1.29 is 0 Å². The van der Waals surface area contributed by atoms with Gasteiger partial charge in [-0.2, -0.15) is 0 Å². The first-order valence-electron chi connectivity index (χ1n) is 5.78. The third kappa shape index (κ3) is 4.99. The fourth-order valence-electron chi connectivity index (χ4n) is 0.966. The van der Waals surface area contributed by atoms with Crippen LogP contribution in [0.2, 0.25) is 0 Å². The van der Waals surface area contributed by atoms with Crippen molar-refractivity contribution in [3.8, 4) is 0 Å². The van der Waals surface area contributed by atoms with Crippen molar-refractivity contribution in [2.45, 2.75) is 61.4 Å². The van der Waals surface area contributed by atoms with Gasteiger partial charge in [-0.05, 0) is 30.2 Å². The maximum atomic E-state index is 3.63. The van der Waals surface area contributed by atoms with E-state index in [0.717, 1.165) is 6.54 Å². The second-order valence-electron chi connectivity index (χ2n) is 6.76. The minimum absolute atomic E-state index is 0.359. The summed E-state index contributed by atoms with van der Waals surface area (Å²) >= 11 is 0. The van der Waals surface area contributed by atoms with E-state index in [4.69, 9.17) is 0 Å². The Hall–Kier alpha value is -0.0400. The summed E-state index contributed by atoms with van der Waals surface area (Å²) in [5.74, 6) is 0.715. The highest BCUT2D eigenvalue weighted by Crippen LogP contribution is 2.25. The number of hydrogen-bond acceptors (Lipinski definition) is 1. The zero-order chi connectivity index (χ0) is 11.6. The van der Waals surface area contributed by atoms with Gasteiger partial charge in [0.1, 0.15) is 0 Å². The maximum absolute atomic E-state index is 3.63. The average Bonchev–Trinajstić information content (AvgIpc) is 1.95. The number of rotatable bonds is 3. The lowest BCUT2D eigenvalue weighted by molar-refractivity contribution is 0.216. The topological polar surface area (TPSA) is 12.0 Å². The van der Waals surface area contributed by atoms with E-state index >= 15 is 0 Å². The SMILES string of the molecule is CC(CNC(C)C(C)(C)C)C(C)(C)C. The molecule has 2 atom stereocenters. The lowest BCUT2D eigenvalue weighted by Crippen LogP contribution is -2.41. The molecule has 0 radical (unpaired) electrons. The molecule has 0 saturated carbocycles. The molecule has 1 N–H and O–H groups in total. The summed E-state index contributed by atoms with van der Waals surface area (Å²) < 4.78 is 0. The fraction of sp³-hybridized carbons (Fsp3) is 1.00. The van der Waals surface area contributed by atoms with E-state index in [0.29, 0.717) is 22.8 Å². The molecule has 0 aromatic rings. The normalized spacial score (nSPS) is 18.0. The van der Waals surface area contributed by atoms with E-state index < -0.39 is 0 Å². The van der Waals surface area contributed by atoms with Crippen molar-refractivity contribution in [3.05, 3.63) is 0 Å². The van der Waals surface area contributed by atoms with Crippen LogP contribution in [0.4, 0.5) is 0 Å². The minimum Gasteiger partial charge on any atom is -0.313 e. The van der Waals surface area contributed by atoms with Crippen molar-refractivity contribution in [2.75, 3.05) is 6.54 Å². The first-order chi connectivity index (χ1) is 6.05. The molecule has 2 unspecified atom stereocenters. The van der Waals surface area contributed by atoms with Gasteiger partial charge in [0.15, 0.2) is 0 Å². The van der Waals surface area contributed by atoms with Gasteiger partial charge in [-0.25, -0.2) is 0 Å². The summed E-state index contributed by atoms with van der Waals surface area (Å²) in [5, 5.41) is 3.63. The van der Waals surface area contributed by atoms with Crippen LogP contribution < -0.4 is 5.32 Å². The van der Waals surface area contributed by atoms with E-state index in [1.165, 1.54) is 0 Å². The molecule has 1 heteroatoms. The van der Waals surface area contributed by atoms with Crippen LogP contribution in [0, 0.1) is 16.7 Å². The summed E-state index contributed by atoms with van der Waals surface area (Å²) in [6, 6.07) is 0.576. The van der Waals surface area contributed by atoms with Gasteiger partial charge in [-0.15, -0.1) is 0 Å². The third-order valence-electron chi connectivity index (χ3n) is 3.51. The fourth-order valence-corrected chi connectivity index (χ4v) is 0.966. The maximum Gasteiger partial charge on any atom is 0.00873 e. The third-order valence-corrected chi connectivity index (χ3v) is 3.51. The summed E-state index contributed by atoms with van der Waals surface area (Å²) in [4.78, 5) is 0. The van der Waals surface area contributed by atoms with Crippen LogP contribution in [0.5, 0.6) is 0 Å². The second kappa shape index (κ2) is 4.65. The molecule has 14 heavy (non-hydrogen) atoms. The standard InChI is InChI=1S/C13H29N/c1-10(12(3,4)5)9-14-11(2)13(6,7)8/h10-11,14H,9H2,1-8H3. The Morgan fingerprint density at radius 1 is 0.857 bits per heavy atom. The molecule has 1 nitrogen and oxygen atoms in total. The Bertz CT molecular complexity index is 139. The van der Waals surface area contributed by atoms with E-state index in [2.05, 4.69) is 60.7 Å². The Labute approximate surface area is 90.7 Å². The van der Waals surface area contributed by atoms with Gasteiger partial charge in [-0.1, -0.05) is 48.5 Å². The van der Waals surface area contributed by atoms with Crippen molar-refractivity contribution in [3.63, 3.8) is 0 Å². The van der Waals surface area contributed by atoms with Gasteiger partial charge < -0.3 is 5.32 Å². The van der Waals surface area contributed by atoms with Gasteiger partial charge in [0.25, 0.3) is 0 Å². The smallest absolute Gasteiger partial charge is 0.00873 e. The Kier molecular flexibility index (Phi) is 4.64. The predicted molar refractivity (Wildman–Crippen MR) is 65.5 cm³/mol.